The molecule has 0 aromatic carbocycles. The summed E-state index contributed by atoms with van der Waals surface area (Å²) in [5.41, 5.74) is 6.40. The summed E-state index contributed by atoms with van der Waals surface area (Å²) in [7, 11) is 0. The highest BCUT2D eigenvalue weighted by atomic mass is 16.3. The van der Waals surface area contributed by atoms with Crippen molar-refractivity contribution in [2.24, 2.45) is 5.73 Å². The van der Waals surface area contributed by atoms with Crippen molar-refractivity contribution in [2.75, 3.05) is 0 Å². The number of carbonyl (C=O) groups is 1. The molecule has 0 aliphatic heterocycles. The highest BCUT2D eigenvalue weighted by Crippen LogP contribution is 2.13. The Morgan fingerprint density at radius 3 is 2.92 bits per heavy atom. The summed E-state index contributed by atoms with van der Waals surface area (Å²) in [6, 6.07) is 2.71. The Hall–Kier alpha value is -1.26. The van der Waals surface area contributed by atoms with Crippen LogP contribution in [0.5, 0.6) is 0 Å². The summed E-state index contributed by atoms with van der Waals surface area (Å²) in [6.45, 7) is 1.68. The van der Waals surface area contributed by atoms with E-state index < -0.39 is 12.1 Å². The van der Waals surface area contributed by atoms with E-state index in [1.807, 2.05) is 0 Å². The Kier molecular flexibility index (Phi) is 3.11. The molecule has 1 aromatic heterocycles. The first-order chi connectivity index (χ1) is 6.15. The predicted octanol–water partition coefficient (Wildman–Crippen LogP) is 0.275. The van der Waals surface area contributed by atoms with Crippen molar-refractivity contribution in [3.8, 4) is 0 Å². The fraction of sp³-hybridized carbons (Fsp3) is 0.333. The number of aromatic nitrogens is 1. The van der Waals surface area contributed by atoms with E-state index in [2.05, 4.69) is 4.98 Å². The summed E-state index contributed by atoms with van der Waals surface area (Å²) < 4.78 is 0. The van der Waals surface area contributed by atoms with E-state index in [-0.39, 0.29) is 0 Å². The zero-order valence-corrected chi connectivity index (χ0v) is 7.34. The van der Waals surface area contributed by atoms with Crippen LogP contribution in [0.25, 0.3) is 0 Å². The Morgan fingerprint density at radius 1 is 1.69 bits per heavy atom. The van der Waals surface area contributed by atoms with E-state index in [0.29, 0.717) is 17.5 Å². The number of nitrogens with zero attached hydrogens (tertiary/aromatic N) is 1. The minimum absolute atomic E-state index is 0.394. The van der Waals surface area contributed by atoms with Gasteiger partial charge in [0.2, 0.25) is 0 Å². The number of nitrogens with two attached hydrogens (primary N) is 1. The molecule has 1 rings (SSSR count). The zero-order chi connectivity index (χ0) is 9.84. The highest BCUT2D eigenvalue weighted by Gasteiger charge is 2.13. The molecule has 0 spiro atoms. The minimum Gasteiger partial charge on any atom is -0.385 e. The smallest absolute Gasteiger partial charge is 0.150 e. The number of pyridine rings is 1. The molecule has 70 valence electrons. The first-order valence-corrected chi connectivity index (χ1v) is 4.00. The van der Waals surface area contributed by atoms with E-state index in [0.717, 1.165) is 0 Å². The maximum absolute atomic E-state index is 10.4. The fourth-order valence-corrected chi connectivity index (χ4v) is 0.970. The van der Waals surface area contributed by atoms with E-state index >= 15 is 0 Å². The van der Waals surface area contributed by atoms with Crippen molar-refractivity contribution in [3.05, 3.63) is 29.6 Å². The van der Waals surface area contributed by atoms with Crippen molar-refractivity contribution in [3.63, 3.8) is 0 Å². The van der Waals surface area contributed by atoms with Crippen LogP contribution in [-0.2, 0) is 0 Å². The average molecular weight is 180 g/mol. The lowest BCUT2D eigenvalue weighted by Crippen LogP contribution is -2.25. The average Bonchev–Trinajstić information content (AvgIpc) is 2.16. The number of aliphatic hydroxyl groups is 1. The third kappa shape index (κ3) is 2.34. The molecule has 3 N–H and O–H groups in total. The lowest BCUT2D eigenvalue weighted by molar-refractivity contribution is 0.112. The predicted molar refractivity (Wildman–Crippen MR) is 48.2 cm³/mol. The summed E-state index contributed by atoms with van der Waals surface area (Å²) in [5.74, 6) is 0. The van der Waals surface area contributed by atoms with E-state index in [4.69, 9.17) is 5.73 Å². The first-order valence-electron chi connectivity index (χ1n) is 4.00. The largest absolute Gasteiger partial charge is 0.385 e. The topological polar surface area (TPSA) is 76.2 Å². The van der Waals surface area contributed by atoms with Crippen LogP contribution in [0.2, 0.25) is 0 Å². The van der Waals surface area contributed by atoms with E-state index in [1.54, 1.807) is 13.0 Å². The van der Waals surface area contributed by atoms with Gasteiger partial charge in [-0.1, -0.05) is 0 Å². The number of hydrogen-bond donors (Lipinski definition) is 2. The van der Waals surface area contributed by atoms with Crippen LogP contribution >= 0.6 is 0 Å². The second kappa shape index (κ2) is 4.11. The molecular formula is C9H12N2O2. The first kappa shape index (κ1) is 9.83. The third-order valence-electron chi connectivity index (χ3n) is 1.74. The number of aliphatic hydroxyl groups excluding tert-OH is 1. The van der Waals surface area contributed by atoms with Crippen LogP contribution < -0.4 is 5.73 Å². The van der Waals surface area contributed by atoms with Gasteiger partial charge in [0.1, 0.15) is 12.4 Å². The highest BCUT2D eigenvalue weighted by molar-refractivity contribution is 5.74. The molecule has 1 heterocycles. The Morgan fingerprint density at radius 2 is 2.38 bits per heavy atom. The molecule has 0 amide bonds. The van der Waals surface area contributed by atoms with Crippen LogP contribution in [0, 0.1) is 0 Å². The van der Waals surface area contributed by atoms with Crippen molar-refractivity contribution >= 4 is 6.29 Å². The molecule has 0 saturated carbocycles. The lowest BCUT2D eigenvalue weighted by Gasteiger charge is -2.13. The number of carbonyl (C=O) groups excluding carboxylic acids is 1. The van der Waals surface area contributed by atoms with Crippen molar-refractivity contribution in [1.82, 2.24) is 4.98 Å². The zero-order valence-electron chi connectivity index (χ0n) is 7.34. The standard InChI is InChI=1S/C9H12N2O2/c1-6(10)9(13)8-4-7(5-12)2-3-11-8/h2-6,9,13H,10H2,1H3. The van der Waals surface area contributed by atoms with Crippen molar-refractivity contribution < 1.29 is 9.90 Å². The second-order valence-corrected chi connectivity index (χ2v) is 2.94. The number of rotatable bonds is 3. The molecule has 0 aliphatic rings. The maximum atomic E-state index is 10.4. The third-order valence-corrected chi connectivity index (χ3v) is 1.74. The molecular weight excluding hydrogens is 168 g/mol. The van der Waals surface area contributed by atoms with Gasteiger partial charge in [-0.3, -0.25) is 9.78 Å². The van der Waals surface area contributed by atoms with E-state index in [9.17, 15) is 9.90 Å². The van der Waals surface area contributed by atoms with Gasteiger partial charge in [0.05, 0.1) is 5.69 Å². The Balaban J connectivity index is 2.94. The van der Waals surface area contributed by atoms with Gasteiger partial charge in [-0.2, -0.15) is 0 Å². The summed E-state index contributed by atoms with van der Waals surface area (Å²) in [5, 5.41) is 9.51. The molecule has 0 aliphatic carbocycles. The van der Waals surface area contributed by atoms with Gasteiger partial charge >= 0.3 is 0 Å². The molecule has 13 heavy (non-hydrogen) atoms. The van der Waals surface area contributed by atoms with E-state index in [1.165, 1.54) is 12.3 Å². The SMILES string of the molecule is CC(N)C(O)c1cc(C=O)ccn1. The normalized spacial score (nSPS) is 15.0. The minimum atomic E-state index is -0.820. The fourth-order valence-electron chi connectivity index (χ4n) is 0.970. The van der Waals surface area contributed by atoms with Gasteiger partial charge < -0.3 is 10.8 Å². The Bertz CT molecular complexity index is 299. The van der Waals surface area contributed by atoms with Crippen LogP contribution in [0.1, 0.15) is 29.1 Å². The van der Waals surface area contributed by atoms with Crippen molar-refractivity contribution in [2.45, 2.75) is 19.1 Å². The van der Waals surface area contributed by atoms with Gasteiger partial charge in [0.15, 0.2) is 0 Å². The lowest BCUT2D eigenvalue weighted by atomic mass is 10.1. The summed E-state index contributed by atoms with van der Waals surface area (Å²) >= 11 is 0. The molecule has 0 radical (unpaired) electrons. The van der Waals surface area contributed by atoms with Crippen LogP contribution in [-0.4, -0.2) is 22.4 Å². The summed E-state index contributed by atoms with van der Waals surface area (Å²) in [4.78, 5) is 14.3. The molecule has 0 fully saturated rings. The quantitative estimate of drug-likeness (QED) is 0.655. The van der Waals surface area contributed by atoms with Crippen molar-refractivity contribution in [1.29, 1.82) is 0 Å². The Labute approximate surface area is 76.4 Å². The molecule has 0 bridgehead atoms. The van der Waals surface area contributed by atoms with Gasteiger partial charge in [0.25, 0.3) is 0 Å². The van der Waals surface area contributed by atoms with Gasteiger partial charge in [-0.25, -0.2) is 0 Å². The number of hydrogen-bond acceptors (Lipinski definition) is 4. The summed E-state index contributed by atoms with van der Waals surface area (Å²) in [6.07, 6.45) is 1.36. The van der Waals surface area contributed by atoms with Gasteiger partial charge in [-0.05, 0) is 19.1 Å². The molecule has 0 saturated heterocycles. The molecule has 4 heteroatoms. The molecule has 4 nitrogen and oxygen atoms in total. The molecule has 2 atom stereocenters. The van der Waals surface area contributed by atoms with Crippen LogP contribution in [0.3, 0.4) is 0 Å². The van der Waals surface area contributed by atoms with Gasteiger partial charge in [-0.15, -0.1) is 0 Å². The molecule has 2 unspecified atom stereocenters. The van der Waals surface area contributed by atoms with Crippen LogP contribution in [0.4, 0.5) is 0 Å². The van der Waals surface area contributed by atoms with Gasteiger partial charge in [0, 0.05) is 17.8 Å². The maximum Gasteiger partial charge on any atom is 0.150 e. The van der Waals surface area contributed by atoms with Crippen LogP contribution in [0.15, 0.2) is 18.3 Å². The number of aldehydes is 1. The monoisotopic (exact) mass is 180 g/mol. The molecule has 1 aromatic rings. The second-order valence-electron chi connectivity index (χ2n) is 2.94.